The van der Waals surface area contributed by atoms with Crippen LogP contribution in [0.4, 0.5) is 0 Å². The second-order valence-corrected chi connectivity index (χ2v) is 6.56. The SMILES string of the molecule is CCCC(=O)N1CC(N)CC(c2ccc(C(C)C)cc2)C1. The van der Waals surface area contributed by atoms with Crippen molar-refractivity contribution >= 4 is 5.91 Å². The van der Waals surface area contributed by atoms with Crippen LogP contribution in [0.5, 0.6) is 0 Å². The Hall–Kier alpha value is -1.35. The fraction of sp³-hybridized carbons (Fsp3) is 0.611. The molecule has 1 aliphatic rings. The van der Waals surface area contributed by atoms with Gasteiger partial charge in [-0.3, -0.25) is 4.79 Å². The molecule has 2 unspecified atom stereocenters. The summed E-state index contributed by atoms with van der Waals surface area (Å²) in [5.74, 6) is 1.17. The highest BCUT2D eigenvalue weighted by molar-refractivity contribution is 5.76. The predicted octanol–water partition coefficient (Wildman–Crippen LogP) is 3.25. The molecule has 21 heavy (non-hydrogen) atoms. The molecule has 0 saturated carbocycles. The number of benzene rings is 1. The van der Waals surface area contributed by atoms with Gasteiger partial charge in [-0.1, -0.05) is 45.0 Å². The highest BCUT2D eigenvalue weighted by atomic mass is 16.2. The molecule has 1 fully saturated rings. The predicted molar refractivity (Wildman–Crippen MR) is 87.4 cm³/mol. The molecule has 0 radical (unpaired) electrons. The summed E-state index contributed by atoms with van der Waals surface area (Å²) in [5.41, 5.74) is 8.84. The first-order valence-electron chi connectivity index (χ1n) is 8.14. The van der Waals surface area contributed by atoms with Crippen LogP contribution in [0.3, 0.4) is 0 Å². The Labute approximate surface area is 128 Å². The lowest BCUT2D eigenvalue weighted by Crippen LogP contribution is -2.48. The van der Waals surface area contributed by atoms with Gasteiger partial charge < -0.3 is 10.6 Å². The fourth-order valence-electron chi connectivity index (χ4n) is 3.11. The number of amides is 1. The number of nitrogens with zero attached hydrogens (tertiary/aromatic N) is 1. The van der Waals surface area contributed by atoms with Crippen LogP contribution in [0, 0.1) is 0 Å². The monoisotopic (exact) mass is 288 g/mol. The van der Waals surface area contributed by atoms with E-state index in [1.807, 2.05) is 11.8 Å². The third-order valence-electron chi connectivity index (χ3n) is 4.37. The second kappa shape index (κ2) is 7.08. The Morgan fingerprint density at radius 2 is 1.95 bits per heavy atom. The van der Waals surface area contributed by atoms with E-state index in [9.17, 15) is 4.79 Å². The number of hydrogen-bond donors (Lipinski definition) is 1. The molecule has 2 atom stereocenters. The van der Waals surface area contributed by atoms with E-state index in [2.05, 4.69) is 38.1 Å². The van der Waals surface area contributed by atoms with Gasteiger partial charge in [-0.15, -0.1) is 0 Å². The summed E-state index contributed by atoms with van der Waals surface area (Å²) in [6.45, 7) is 7.98. The van der Waals surface area contributed by atoms with Crippen LogP contribution in [0.1, 0.15) is 63.0 Å². The van der Waals surface area contributed by atoms with E-state index >= 15 is 0 Å². The Bertz CT molecular complexity index is 467. The molecule has 1 aromatic rings. The molecule has 0 spiro atoms. The zero-order valence-electron chi connectivity index (χ0n) is 13.5. The first-order chi connectivity index (χ1) is 10.0. The van der Waals surface area contributed by atoms with Gasteiger partial charge in [-0.2, -0.15) is 0 Å². The Morgan fingerprint density at radius 3 is 2.52 bits per heavy atom. The van der Waals surface area contributed by atoms with Gasteiger partial charge in [0.05, 0.1) is 0 Å². The standard InChI is InChI=1S/C18H28N2O/c1-4-5-18(21)20-11-16(10-17(19)12-20)15-8-6-14(7-9-15)13(2)3/h6-9,13,16-17H,4-5,10-12,19H2,1-3H3. The number of rotatable bonds is 4. The molecule has 2 rings (SSSR count). The maximum atomic E-state index is 12.1. The van der Waals surface area contributed by atoms with Gasteiger partial charge in [0.2, 0.25) is 5.91 Å². The molecule has 1 heterocycles. The minimum Gasteiger partial charge on any atom is -0.341 e. The second-order valence-electron chi connectivity index (χ2n) is 6.56. The maximum Gasteiger partial charge on any atom is 0.222 e. The molecule has 1 amide bonds. The van der Waals surface area contributed by atoms with E-state index in [4.69, 9.17) is 5.73 Å². The molecule has 3 nitrogen and oxygen atoms in total. The first kappa shape index (κ1) is 16.0. The van der Waals surface area contributed by atoms with Crippen LogP contribution in [0.15, 0.2) is 24.3 Å². The third kappa shape index (κ3) is 4.07. The summed E-state index contributed by atoms with van der Waals surface area (Å²) in [4.78, 5) is 14.1. The van der Waals surface area contributed by atoms with Crippen LogP contribution in [0.2, 0.25) is 0 Å². The van der Waals surface area contributed by atoms with Crippen LogP contribution >= 0.6 is 0 Å². The summed E-state index contributed by atoms with van der Waals surface area (Å²) in [6, 6.07) is 8.92. The summed E-state index contributed by atoms with van der Waals surface area (Å²) >= 11 is 0. The van der Waals surface area contributed by atoms with Gasteiger partial charge in [-0.25, -0.2) is 0 Å². The van der Waals surface area contributed by atoms with E-state index in [0.717, 1.165) is 19.4 Å². The average molecular weight is 288 g/mol. The summed E-state index contributed by atoms with van der Waals surface area (Å²) in [5, 5.41) is 0. The molecule has 3 heteroatoms. The molecule has 1 aromatic carbocycles. The van der Waals surface area contributed by atoms with E-state index in [-0.39, 0.29) is 11.9 Å². The lowest BCUT2D eigenvalue weighted by molar-refractivity contribution is -0.132. The van der Waals surface area contributed by atoms with Gasteiger partial charge >= 0.3 is 0 Å². The van der Waals surface area contributed by atoms with Crippen molar-refractivity contribution in [2.24, 2.45) is 5.73 Å². The van der Waals surface area contributed by atoms with E-state index < -0.39 is 0 Å². The topological polar surface area (TPSA) is 46.3 Å². The highest BCUT2D eigenvalue weighted by Crippen LogP contribution is 2.28. The number of hydrogen-bond acceptors (Lipinski definition) is 2. The number of piperidine rings is 1. The Morgan fingerprint density at radius 1 is 1.29 bits per heavy atom. The van der Waals surface area contributed by atoms with E-state index in [0.29, 0.717) is 24.8 Å². The first-order valence-corrected chi connectivity index (χ1v) is 8.14. The molecular weight excluding hydrogens is 260 g/mol. The summed E-state index contributed by atoms with van der Waals surface area (Å²) in [7, 11) is 0. The lowest BCUT2D eigenvalue weighted by atomic mass is 9.87. The minimum atomic E-state index is 0.0920. The normalized spacial score (nSPS) is 22.6. The minimum absolute atomic E-state index is 0.0920. The van der Waals surface area contributed by atoms with Crippen molar-refractivity contribution in [1.29, 1.82) is 0 Å². The number of likely N-dealkylation sites (tertiary alicyclic amines) is 1. The highest BCUT2D eigenvalue weighted by Gasteiger charge is 2.28. The number of nitrogens with two attached hydrogens (primary N) is 1. The average Bonchev–Trinajstić information content (AvgIpc) is 2.47. The van der Waals surface area contributed by atoms with Crippen molar-refractivity contribution in [1.82, 2.24) is 4.90 Å². The van der Waals surface area contributed by atoms with Crippen LogP contribution in [-0.2, 0) is 4.79 Å². The zero-order chi connectivity index (χ0) is 15.4. The molecule has 0 bridgehead atoms. The molecule has 2 N–H and O–H groups in total. The molecule has 1 saturated heterocycles. The van der Waals surface area contributed by atoms with Crippen molar-refractivity contribution in [3.05, 3.63) is 35.4 Å². The van der Waals surface area contributed by atoms with E-state index in [1.54, 1.807) is 0 Å². The Balaban J connectivity index is 2.09. The molecular formula is C18H28N2O. The summed E-state index contributed by atoms with van der Waals surface area (Å²) < 4.78 is 0. The van der Waals surface area contributed by atoms with Gasteiger partial charge in [0.25, 0.3) is 0 Å². The number of carbonyl (C=O) groups is 1. The summed E-state index contributed by atoms with van der Waals surface area (Å²) in [6.07, 6.45) is 2.50. The van der Waals surface area contributed by atoms with Crippen LogP contribution < -0.4 is 5.73 Å². The van der Waals surface area contributed by atoms with Crippen LogP contribution in [0.25, 0.3) is 0 Å². The maximum absolute atomic E-state index is 12.1. The van der Waals surface area contributed by atoms with Crippen molar-refractivity contribution in [3.63, 3.8) is 0 Å². The number of carbonyl (C=O) groups excluding carboxylic acids is 1. The molecule has 1 aliphatic heterocycles. The Kier molecular flexibility index (Phi) is 5.40. The van der Waals surface area contributed by atoms with Crippen molar-refractivity contribution in [2.45, 2.75) is 57.9 Å². The molecule has 116 valence electrons. The zero-order valence-corrected chi connectivity index (χ0v) is 13.5. The fourth-order valence-corrected chi connectivity index (χ4v) is 3.11. The van der Waals surface area contributed by atoms with Gasteiger partial charge in [0.1, 0.15) is 0 Å². The largest absolute Gasteiger partial charge is 0.341 e. The van der Waals surface area contributed by atoms with E-state index in [1.165, 1.54) is 11.1 Å². The third-order valence-corrected chi connectivity index (χ3v) is 4.37. The van der Waals surface area contributed by atoms with Gasteiger partial charge in [0.15, 0.2) is 0 Å². The van der Waals surface area contributed by atoms with Crippen LogP contribution in [-0.4, -0.2) is 29.9 Å². The quantitative estimate of drug-likeness (QED) is 0.924. The van der Waals surface area contributed by atoms with Crippen molar-refractivity contribution < 1.29 is 4.79 Å². The van der Waals surface area contributed by atoms with Crippen molar-refractivity contribution in [3.8, 4) is 0 Å². The lowest BCUT2D eigenvalue weighted by Gasteiger charge is -2.36. The smallest absolute Gasteiger partial charge is 0.222 e. The molecule has 0 aromatic heterocycles. The molecule has 0 aliphatic carbocycles. The van der Waals surface area contributed by atoms with Gasteiger partial charge in [-0.05, 0) is 29.9 Å². The van der Waals surface area contributed by atoms with Gasteiger partial charge in [0, 0.05) is 31.5 Å². The van der Waals surface area contributed by atoms with Crippen molar-refractivity contribution in [2.75, 3.05) is 13.1 Å².